The zero-order chi connectivity index (χ0) is 16.6. The topological polar surface area (TPSA) is 68.9 Å². The summed E-state index contributed by atoms with van der Waals surface area (Å²) in [4.78, 5) is 4.51. The number of nitrogens with zero attached hydrogens (tertiary/aromatic N) is 1. The molecule has 22 heavy (non-hydrogen) atoms. The monoisotopic (exact) mass is 307 g/mol. The Bertz CT molecular complexity index is 488. The minimum Gasteiger partial charge on any atom is -0.493 e. The van der Waals surface area contributed by atoms with Crippen molar-refractivity contribution in [1.29, 1.82) is 0 Å². The molecule has 0 heterocycles. The third-order valence-electron chi connectivity index (χ3n) is 4.49. The normalized spacial score (nSPS) is 12.1. The second-order valence-corrected chi connectivity index (χ2v) is 5.46. The lowest BCUT2D eigenvalue weighted by Gasteiger charge is -2.28. The lowest BCUT2D eigenvalue weighted by molar-refractivity contribution is 0.263. The number of hydrogen-bond donors (Lipinski definition) is 2. The van der Waals surface area contributed by atoms with Crippen LogP contribution in [0.4, 0.5) is 5.69 Å². The standard InChI is InChI=1S/C17H29N3O2/c1-6-17(7-2,8-3)12-19-16(18)20-13-9-10-14(21-4)15(11-13)22-5/h9-11H,6-8,12H2,1-5H3,(H3,18,19,20). The molecule has 0 unspecified atom stereocenters. The van der Waals surface area contributed by atoms with E-state index < -0.39 is 0 Å². The quantitative estimate of drug-likeness (QED) is 0.568. The van der Waals surface area contributed by atoms with E-state index in [4.69, 9.17) is 15.2 Å². The summed E-state index contributed by atoms with van der Waals surface area (Å²) >= 11 is 0. The van der Waals surface area contributed by atoms with Crippen LogP contribution >= 0.6 is 0 Å². The molecule has 0 saturated carbocycles. The molecular formula is C17H29N3O2. The summed E-state index contributed by atoms with van der Waals surface area (Å²) in [6, 6.07) is 5.56. The van der Waals surface area contributed by atoms with Crippen molar-refractivity contribution in [2.24, 2.45) is 16.1 Å². The minimum atomic E-state index is 0.240. The predicted octanol–water partition coefficient (Wildman–Crippen LogP) is 3.65. The lowest BCUT2D eigenvalue weighted by Crippen LogP contribution is -2.27. The zero-order valence-corrected chi connectivity index (χ0v) is 14.4. The molecule has 124 valence electrons. The lowest BCUT2D eigenvalue weighted by atomic mass is 9.80. The van der Waals surface area contributed by atoms with Gasteiger partial charge in [0.2, 0.25) is 0 Å². The molecule has 0 aliphatic rings. The van der Waals surface area contributed by atoms with E-state index in [9.17, 15) is 0 Å². The van der Waals surface area contributed by atoms with Crippen LogP contribution in [0.15, 0.2) is 23.2 Å². The van der Waals surface area contributed by atoms with Gasteiger partial charge in [0.25, 0.3) is 0 Å². The van der Waals surface area contributed by atoms with Gasteiger partial charge in [0.05, 0.1) is 14.2 Å². The average Bonchev–Trinajstić information content (AvgIpc) is 2.56. The molecule has 5 nitrogen and oxygen atoms in total. The number of benzene rings is 1. The van der Waals surface area contributed by atoms with Gasteiger partial charge in [0.1, 0.15) is 0 Å². The molecule has 1 aromatic carbocycles. The summed E-state index contributed by atoms with van der Waals surface area (Å²) in [6.45, 7) is 7.37. The second kappa shape index (κ2) is 8.51. The molecule has 0 aliphatic carbocycles. The Balaban J connectivity index is 2.79. The fourth-order valence-corrected chi connectivity index (χ4v) is 2.44. The number of hydrogen-bond acceptors (Lipinski definition) is 3. The first-order chi connectivity index (χ1) is 10.5. The first kappa shape index (κ1) is 18.1. The first-order valence-corrected chi connectivity index (χ1v) is 7.83. The molecule has 0 saturated heterocycles. The van der Waals surface area contributed by atoms with Crippen LogP contribution in [0, 0.1) is 5.41 Å². The molecule has 0 spiro atoms. The van der Waals surface area contributed by atoms with E-state index in [1.54, 1.807) is 14.2 Å². The molecule has 0 amide bonds. The molecule has 3 N–H and O–H groups in total. The van der Waals surface area contributed by atoms with E-state index in [0.29, 0.717) is 17.5 Å². The van der Waals surface area contributed by atoms with Gasteiger partial charge < -0.3 is 20.5 Å². The van der Waals surface area contributed by atoms with Gasteiger partial charge in [0.15, 0.2) is 17.5 Å². The summed E-state index contributed by atoms with van der Waals surface area (Å²) in [5.74, 6) is 1.77. The Hall–Kier alpha value is -1.91. The van der Waals surface area contributed by atoms with Crippen molar-refractivity contribution in [3.05, 3.63) is 18.2 Å². The fourth-order valence-electron chi connectivity index (χ4n) is 2.44. The van der Waals surface area contributed by atoms with Gasteiger partial charge in [-0.2, -0.15) is 0 Å². The van der Waals surface area contributed by atoms with Crippen LogP contribution in [0.5, 0.6) is 11.5 Å². The highest BCUT2D eigenvalue weighted by Crippen LogP contribution is 2.31. The van der Waals surface area contributed by atoms with Gasteiger partial charge in [0, 0.05) is 18.3 Å². The molecule has 0 fully saturated rings. The van der Waals surface area contributed by atoms with Gasteiger partial charge in [-0.25, -0.2) is 0 Å². The Morgan fingerprint density at radius 1 is 1.09 bits per heavy atom. The van der Waals surface area contributed by atoms with Gasteiger partial charge in [-0.1, -0.05) is 20.8 Å². The third-order valence-corrected chi connectivity index (χ3v) is 4.49. The van der Waals surface area contributed by atoms with E-state index >= 15 is 0 Å². The molecule has 0 radical (unpaired) electrons. The minimum absolute atomic E-state index is 0.240. The number of aliphatic imine (C=N–C) groups is 1. The van der Waals surface area contributed by atoms with Crippen LogP contribution in [0.1, 0.15) is 40.0 Å². The summed E-state index contributed by atoms with van der Waals surface area (Å²) < 4.78 is 10.5. The summed E-state index contributed by atoms with van der Waals surface area (Å²) in [5, 5.41) is 3.10. The molecule has 1 rings (SSSR count). The van der Waals surface area contributed by atoms with Crippen molar-refractivity contribution in [1.82, 2.24) is 0 Å². The summed E-state index contributed by atoms with van der Waals surface area (Å²) in [6.07, 6.45) is 3.31. The molecule has 0 aliphatic heterocycles. The van der Waals surface area contributed by atoms with Crippen molar-refractivity contribution in [3.63, 3.8) is 0 Å². The smallest absolute Gasteiger partial charge is 0.193 e. The number of ether oxygens (including phenoxy) is 2. The molecular weight excluding hydrogens is 278 g/mol. The van der Waals surface area contributed by atoms with E-state index in [1.807, 2.05) is 18.2 Å². The highest BCUT2D eigenvalue weighted by Gasteiger charge is 2.23. The fraction of sp³-hybridized carbons (Fsp3) is 0.588. The maximum absolute atomic E-state index is 6.01. The van der Waals surface area contributed by atoms with Crippen LogP contribution < -0.4 is 20.5 Å². The predicted molar refractivity (Wildman–Crippen MR) is 93.0 cm³/mol. The summed E-state index contributed by atoms with van der Waals surface area (Å²) in [5.41, 5.74) is 7.07. The number of nitrogens with two attached hydrogens (primary N) is 1. The Morgan fingerprint density at radius 3 is 2.18 bits per heavy atom. The number of methoxy groups -OCH3 is 2. The van der Waals surface area contributed by atoms with Crippen molar-refractivity contribution in [3.8, 4) is 11.5 Å². The van der Waals surface area contributed by atoms with E-state index in [-0.39, 0.29) is 5.41 Å². The van der Waals surface area contributed by atoms with Gasteiger partial charge in [-0.15, -0.1) is 0 Å². The van der Waals surface area contributed by atoms with Crippen LogP contribution in [0.25, 0.3) is 0 Å². The van der Waals surface area contributed by atoms with Crippen molar-refractivity contribution in [2.45, 2.75) is 40.0 Å². The number of nitrogens with one attached hydrogen (secondary N) is 1. The molecule has 0 aromatic heterocycles. The Labute approximate surface area is 133 Å². The van der Waals surface area contributed by atoms with Crippen molar-refractivity contribution >= 4 is 11.6 Å². The Kier molecular flexibility index (Phi) is 7.02. The highest BCUT2D eigenvalue weighted by molar-refractivity contribution is 5.92. The number of rotatable bonds is 8. The summed E-state index contributed by atoms with van der Waals surface area (Å²) in [7, 11) is 3.22. The van der Waals surface area contributed by atoms with Crippen LogP contribution in [-0.2, 0) is 0 Å². The van der Waals surface area contributed by atoms with Crippen LogP contribution in [0.2, 0.25) is 0 Å². The van der Waals surface area contributed by atoms with Gasteiger partial charge in [-0.3, -0.25) is 4.99 Å². The zero-order valence-electron chi connectivity index (χ0n) is 14.4. The van der Waals surface area contributed by atoms with E-state index in [2.05, 4.69) is 31.1 Å². The second-order valence-electron chi connectivity index (χ2n) is 5.46. The van der Waals surface area contributed by atoms with Crippen LogP contribution in [0.3, 0.4) is 0 Å². The first-order valence-electron chi connectivity index (χ1n) is 7.83. The molecule has 1 aromatic rings. The van der Waals surface area contributed by atoms with Crippen molar-refractivity contribution in [2.75, 3.05) is 26.1 Å². The van der Waals surface area contributed by atoms with Gasteiger partial charge in [-0.05, 0) is 36.8 Å². The molecule has 0 atom stereocenters. The van der Waals surface area contributed by atoms with Gasteiger partial charge >= 0.3 is 0 Å². The van der Waals surface area contributed by atoms with E-state index in [0.717, 1.165) is 31.5 Å². The Morgan fingerprint density at radius 2 is 1.68 bits per heavy atom. The average molecular weight is 307 g/mol. The SMILES string of the molecule is CCC(CC)(CC)CN=C(N)Nc1ccc(OC)c(OC)c1. The highest BCUT2D eigenvalue weighted by atomic mass is 16.5. The third kappa shape index (κ3) is 4.55. The van der Waals surface area contributed by atoms with E-state index in [1.165, 1.54) is 0 Å². The number of anilines is 1. The maximum Gasteiger partial charge on any atom is 0.193 e. The maximum atomic E-state index is 6.01. The van der Waals surface area contributed by atoms with Crippen LogP contribution in [-0.4, -0.2) is 26.7 Å². The molecule has 0 bridgehead atoms. The van der Waals surface area contributed by atoms with Crippen molar-refractivity contribution < 1.29 is 9.47 Å². The largest absolute Gasteiger partial charge is 0.493 e. The number of guanidine groups is 1. The molecule has 5 heteroatoms.